The van der Waals surface area contributed by atoms with E-state index < -0.39 is 51.7 Å². The molecule has 13 heteroatoms. The summed E-state index contributed by atoms with van der Waals surface area (Å²) in [6, 6.07) is 3.46. The molecule has 1 aromatic heterocycles. The highest BCUT2D eigenvalue weighted by molar-refractivity contribution is 7.92. The lowest BCUT2D eigenvalue weighted by atomic mass is 10.1. The van der Waals surface area contributed by atoms with E-state index in [1.807, 2.05) is 0 Å². The SMILES string of the molecule is O=C1CN(c2c(O)cc(CNc3cc(C(F)(F)F)ccn3)cc2F)S(=O)(=O)N1. The predicted molar refractivity (Wildman–Crippen MR) is 89.0 cm³/mol. The molecular weight excluding hydrogens is 408 g/mol. The number of aromatic nitrogens is 1. The van der Waals surface area contributed by atoms with Crippen LogP contribution in [0, 0.1) is 5.82 Å². The predicted octanol–water partition coefficient (Wildman–Crippen LogP) is 1.74. The van der Waals surface area contributed by atoms with Gasteiger partial charge in [0, 0.05) is 12.7 Å². The second-order valence-corrected chi connectivity index (χ2v) is 7.36. The van der Waals surface area contributed by atoms with E-state index in [4.69, 9.17) is 0 Å². The zero-order chi connectivity index (χ0) is 20.7. The Hall–Kier alpha value is -3.09. The van der Waals surface area contributed by atoms with Crippen LogP contribution in [-0.4, -0.2) is 31.0 Å². The molecule has 1 amide bonds. The third-order valence-electron chi connectivity index (χ3n) is 3.73. The number of nitrogens with one attached hydrogen (secondary N) is 2. The smallest absolute Gasteiger partial charge is 0.416 e. The third kappa shape index (κ3) is 3.93. The summed E-state index contributed by atoms with van der Waals surface area (Å²) >= 11 is 0. The van der Waals surface area contributed by atoms with Crippen molar-refractivity contribution in [1.29, 1.82) is 0 Å². The van der Waals surface area contributed by atoms with Crippen LogP contribution in [0.4, 0.5) is 29.1 Å². The van der Waals surface area contributed by atoms with Gasteiger partial charge in [0.25, 0.3) is 5.91 Å². The number of hydrogen-bond donors (Lipinski definition) is 3. The highest BCUT2D eigenvalue weighted by Crippen LogP contribution is 2.35. The van der Waals surface area contributed by atoms with Gasteiger partial charge in [0.15, 0.2) is 5.82 Å². The van der Waals surface area contributed by atoms with E-state index in [2.05, 4.69) is 10.3 Å². The first-order chi connectivity index (χ1) is 13.0. The summed E-state index contributed by atoms with van der Waals surface area (Å²) in [6.07, 6.45) is -3.60. The molecule has 150 valence electrons. The van der Waals surface area contributed by atoms with Crippen molar-refractivity contribution in [2.75, 3.05) is 16.2 Å². The molecule has 0 radical (unpaired) electrons. The number of amides is 1. The van der Waals surface area contributed by atoms with Gasteiger partial charge in [-0.05, 0) is 29.8 Å². The van der Waals surface area contributed by atoms with E-state index in [-0.39, 0.29) is 17.9 Å². The van der Waals surface area contributed by atoms with Crippen molar-refractivity contribution < 1.29 is 35.9 Å². The number of phenolic OH excluding ortho intramolecular Hbond substituents is 1. The maximum Gasteiger partial charge on any atom is 0.416 e. The average molecular weight is 420 g/mol. The summed E-state index contributed by atoms with van der Waals surface area (Å²) in [6.45, 7) is -0.901. The Morgan fingerprint density at radius 3 is 2.57 bits per heavy atom. The molecule has 0 saturated carbocycles. The average Bonchev–Trinajstić information content (AvgIpc) is 2.84. The van der Waals surface area contributed by atoms with Crippen molar-refractivity contribution in [3.8, 4) is 5.75 Å². The van der Waals surface area contributed by atoms with Gasteiger partial charge in [-0.15, -0.1) is 0 Å². The van der Waals surface area contributed by atoms with E-state index in [0.717, 1.165) is 30.5 Å². The minimum absolute atomic E-state index is 0.105. The van der Waals surface area contributed by atoms with E-state index in [1.165, 1.54) is 0 Å². The van der Waals surface area contributed by atoms with E-state index >= 15 is 0 Å². The van der Waals surface area contributed by atoms with Gasteiger partial charge in [-0.2, -0.15) is 21.6 Å². The first-order valence-electron chi connectivity index (χ1n) is 7.59. The van der Waals surface area contributed by atoms with E-state index in [9.17, 15) is 35.9 Å². The van der Waals surface area contributed by atoms with Crippen LogP contribution in [0.25, 0.3) is 0 Å². The number of rotatable bonds is 4. The van der Waals surface area contributed by atoms with Crippen molar-refractivity contribution in [2.24, 2.45) is 0 Å². The van der Waals surface area contributed by atoms with Crippen molar-refractivity contribution in [2.45, 2.75) is 12.7 Å². The maximum absolute atomic E-state index is 14.4. The minimum atomic E-state index is -4.56. The quantitative estimate of drug-likeness (QED) is 0.650. The van der Waals surface area contributed by atoms with Gasteiger partial charge >= 0.3 is 16.4 Å². The van der Waals surface area contributed by atoms with Gasteiger partial charge < -0.3 is 10.4 Å². The van der Waals surface area contributed by atoms with Crippen LogP contribution in [0.1, 0.15) is 11.1 Å². The number of carbonyl (C=O) groups excluding carboxylic acids is 1. The van der Waals surface area contributed by atoms with Gasteiger partial charge in [-0.3, -0.25) is 4.79 Å². The minimum Gasteiger partial charge on any atom is -0.506 e. The molecule has 1 saturated heterocycles. The van der Waals surface area contributed by atoms with Gasteiger partial charge in [-0.1, -0.05) is 0 Å². The molecule has 8 nitrogen and oxygen atoms in total. The molecule has 0 bridgehead atoms. The summed E-state index contributed by atoms with van der Waals surface area (Å²) in [4.78, 5) is 15.0. The second kappa shape index (κ2) is 6.82. The summed E-state index contributed by atoms with van der Waals surface area (Å²) in [5, 5.41) is 12.6. The van der Waals surface area contributed by atoms with Crippen molar-refractivity contribution in [1.82, 2.24) is 9.71 Å². The molecule has 28 heavy (non-hydrogen) atoms. The number of hydrogen-bond acceptors (Lipinski definition) is 6. The fraction of sp³-hybridized carbons (Fsp3) is 0.200. The summed E-state index contributed by atoms with van der Waals surface area (Å²) in [5.74, 6) is -2.90. The van der Waals surface area contributed by atoms with Crippen LogP contribution >= 0.6 is 0 Å². The van der Waals surface area contributed by atoms with E-state index in [1.54, 1.807) is 4.72 Å². The van der Waals surface area contributed by atoms with Crippen molar-refractivity contribution in [3.05, 3.63) is 47.4 Å². The lowest BCUT2D eigenvalue weighted by molar-refractivity contribution is -0.137. The van der Waals surface area contributed by atoms with Crippen molar-refractivity contribution in [3.63, 3.8) is 0 Å². The topological polar surface area (TPSA) is 112 Å². The zero-order valence-electron chi connectivity index (χ0n) is 13.8. The Morgan fingerprint density at radius 1 is 1.29 bits per heavy atom. The molecular formula is C15H12F4N4O4S. The normalized spacial score (nSPS) is 16.1. The Morgan fingerprint density at radius 2 is 2.00 bits per heavy atom. The number of halogens is 4. The number of carbonyl (C=O) groups is 1. The van der Waals surface area contributed by atoms with Gasteiger partial charge in [0.2, 0.25) is 0 Å². The molecule has 0 aliphatic carbocycles. The summed E-state index contributed by atoms with van der Waals surface area (Å²) < 4.78 is 78.1. The molecule has 0 spiro atoms. The number of benzene rings is 1. The number of nitrogens with zero attached hydrogens (tertiary/aromatic N) is 2. The molecule has 1 fully saturated rings. The number of aromatic hydroxyl groups is 1. The van der Waals surface area contributed by atoms with Crippen molar-refractivity contribution >= 4 is 27.6 Å². The van der Waals surface area contributed by atoms with Gasteiger partial charge in [0.05, 0.1) is 5.56 Å². The van der Waals surface area contributed by atoms with Crippen LogP contribution < -0.4 is 14.3 Å². The molecule has 1 aromatic carbocycles. The zero-order valence-corrected chi connectivity index (χ0v) is 14.6. The molecule has 1 aliphatic rings. The fourth-order valence-electron chi connectivity index (χ4n) is 2.53. The monoisotopic (exact) mass is 420 g/mol. The molecule has 2 aromatic rings. The van der Waals surface area contributed by atoms with Crippen LogP contribution in [-0.2, 0) is 27.7 Å². The van der Waals surface area contributed by atoms with Crippen LogP contribution in [0.2, 0.25) is 0 Å². The number of pyridine rings is 1. The fourth-order valence-corrected chi connectivity index (χ4v) is 3.70. The molecule has 2 heterocycles. The largest absolute Gasteiger partial charge is 0.506 e. The standard InChI is InChI=1S/C15H12F4N4O4S/c16-10-3-8(6-21-12-5-9(1-2-20-12)15(17,18)19)4-11(24)14(10)23-7-13(25)22-28(23,26)27/h1-5,24H,6-7H2,(H,20,21)(H,22,25). The molecule has 0 atom stereocenters. The number of anilines is 2. The molecule has 0 unspecified atom stereocenters. The second-order valence-electron chi connectivity index (χ2n) is 5.76. The molecule has 1 aliphatic heterocycles. The van der Waals surface area contributed by atoms with Crippen LogP contribution in [0.3, 0.4) is 0 Å². The molecule has 3 N–H and O–H groups in total. The molecule has 3 rings (SSSR count). The third-order valence-corrected chi connectivity index (χ3v) is 5.11. The highest BCUT2D eigenvalue weighted by Gasteiger charge is 2.37. The lowest BCUT2D eigenvalue weighted by Crippen LogP contribution is -2.30. The lowest BCUT2D eigenvalue weighted by Gasteiger charge is -2.18. The first kappa shape index (κ1) is 19.7. The summed E-state index contributed by atoms with van der Waals surface area (Å²) in [5.41, 5.74) is -1.53. The van der Waals surface area contributed by atoms with Gasteiger partial charge in [-0.25, -0.2) is 18.4 Å². The Kier molecular flexibility index (Phi) is 4.79. The Bertz CT molecular complexity index is 1020. The van der Waals surface area contributed by atoms with Gasteiger partial charge in [0.1, 0.15) is 23.8 Å². The van der Waals surface area contributed by atoms with Crippen LogP contribution in [0.5, 0.6) is 5.75 Å². The van der Waals surface area contributed by atoms with Crippen LogP contribution in [0.15, 0.2) is 30.5 Å². The number of phenols is 1. The van der Waals surface area contributed by atoms with E-state index in [0.29, 0.717) is 4.31 Å². The summed E-state index contributed by atoms with van der Waals surface area (Å²) in [7, 11) is -4.32. The number of alkyl halides is 3. The maximum atomic E-state index is 14.4. The highest BCUT2D eigenvalue weighted by atomic mass is 32.2. The Balaban J connectivity index is 1.81. The first-order valence-corrected chi connectivity index (χ1v) is 9.03. The Labute approximate surface area is 156 Å².